The van der Waals surface area contributed by atoms with E-state index in [-0.39, 0.29) is 6.61 Å². The summed E-state index contributed by atoms with van der Waals surface area (Å²) in [6.07, 6.45) is 3.81. The van der Waals surface area contributed by atoms with Gasteiger partial charge in [0.25, 0.3) is 0 Å². The molecule has 0 aliphatic heterocycles. The molecule has 0 unspecified atom stereocenters. The fourth-order valence-electron chi connectivity index (χ4n) is 1.40. The van der Waals surface area contributed by atoms with Crippen LogP contribution in [0.5, 0.6) is 0 Å². The van der Waals surface area contributed by atoms with Crippen molar-refractivity contribution < 1.29 is 5.11 Å². The summed E-state index contributed by atoms with van der Waals surface area (Å²) in [4.78, 5) is 4.53. The molecular formula is C11H26N2O. The summed E-state index contributed by atoms with van der Waals surface area (Å²) in [6, 6.07) is 0. The van der Waals surface area contributed by atoms with Crippen molar-refractivity contribution in [2.75, 3.05) is 46.9 Å². The van der Waals surface area contributed by atoms with Gasteiger partial charge in [-0.25, -0.2) is 0 Å². The number of nitrogens with zero attached hydrogens (tertiary/aromatic N) is 2. The average Bonchev–Trinajstić information content (AvgIpc) is 2.14. The normalized spacial score (nSPS) is 11.6. The van der Waals surface area contributed by atoms with Crippen LogP contribution in [-0.4, -0.2) is 61.8 Å². The molecule has 0 aromatic carbocycles. The van der Waals surface area contributed by atoms with Gasteiger partial charge in [0.1, 0.15) is 0 Å². The molecule has 1 N–H and O–H groups in total. The molecule has 0 saturated heterocycles. The number of hydrogen-bond acceptors (Lipinski definition) is 3. The van der Waals surface area contributed by atoms with E-state index in [0.29, 0.717) is 0 Å². The second-order valence-electron chi connectivity index (χ2n) is 4.08. The highest BCUT2D eigenvalue weighted by atomic mass is 16.3. The van der Waals surface area contributed by atoms with E-state index >= 15 is 0 Å². The van der Waals surface area contributed by atoms with Gasteiger partial charge < -0.3 is 10.0 Å². The van der Waals surface area contributed by atoms with E-state index in [9.17, 15) is 0 Å². The van der Waals surface area contributed by atoms with Crippen molar-refractivity contribution in [3.05, 3.63) is 0 Å². The lowest BCUT2D eigenvalue weighted by molar-refractivity contribution is 0.181. The Morgan fingerprint density at radius 3 is 2.14 bits per heavy atom. The van der Waals surface area contributed by atoms with Crippen LogP contribution in [0.2, 0.25) is 0 Å². The largest absolute Gasteiger partial charge is 0.395 e. The van der Waals surface area contributed by atoms with Crippen LogP contribution in [0.15, 0.2) is 0 Å². The fourth-order valence-corrected chi connectivity index (χ4v) is 1.40. The second-order valence-corrected chi connectivity index (χ2v) is 4.08. The minimum absolute atomic E-state index is 0.277. The number of hydrogen-bond donors (Lipinski definition) is 1. The van der Waals surface area contributed by atoms with Crippen LogP contribution >= 0.6 is 0 Å². The molecule has 0 aromatic heterocycles. The highest BCUT2D eigenvalue weighted by Gasteiger charge is 2.03. The number of rotatable bonds is 9. The second kappa shape index (κ2) is 9.44. The Morgan fingerprint density at radius 2 is 1.64 bits per heavy atom. The van der Waals surface area contributed by atoms with Gasteiger partial charge in [-0.15, -0.1) is 0 Å². The summed E-state index contributed by atoms with van der Waals surface area (Å²) < 4.78 is 0. The van der Waals surface area contributed by atoms with Crippen molar-refractivity contribution in [1.82, 2.24) is 9.80 Å². The smallest absolute Gasteiger partial charge is 0.0558 e. The Morgan fingerprint density at radius 1 is 0.929 bits per heavy atom. The molecule has 0 bridgehead atoms. The van der Waals surface area contributed by atoms with E-state index in [0.717, 1.165) is 26.2 Å². The van der Waals surface area contributed by atoms with Gasteiger partial charge in [0.05, 0.1) is 6.61 Å². The van der Waals surface area contributed by atoms with E-state index in [1.165, 1.54) is 19.3 Å². The topological polar surface area (TPSA) is 26.7 Å². The molecule has 0 aliphatic rings. The van der Waals surface area contributed by atoms with Crippen LogP contribution < -0.4 is 0 Å². The van der Waals surface area contributed by atoms with Crippen LogP contribution in [0.4, 0.5) is 0 Å². The summed E-state index contributed by atoms with van der Waals surface area (Å²) in [7, 11) is 4.17. The first-order valence-corrected chi connectivity index (χ1v) is 5.68. The maximum absolute atomic E-state index is 8.90. The highest BCUT2D eigenvalue weighted by Crippen LogP contribution is 1.98. The maximum Gasteiger partial charge on any atom is 0.0558 e. The van der Waals surface area contributed by atoms with Crippen LogP contribution in [0, 0.1) is 0 Å². The first kappa shape index (κ1) is 13.9. The summed E-state index contributed by atoms with van der Waals surface area (Å²) in [5, 5.41) is 8.90. The van der Waals surface area contributed by atoms with Gasteiger partial charge in [0.2, 0.25) is 0 Å². The number of likely N-dealkylation sites (N-methyl/N-ethyl adjacent to an activating group) is 1. The van der Waals surface area contributed by atoms with Gasteiger partial charge in [-0.3, -0.25) is 4.90 Å². The molecule has 0 aromatic rings. The van der Waals surface area contributed by atoms with Crippen molar-refractivity contribution in [2.45, 2.75) is 26.2 Å². The molecule has 0 atom stereocenters. The van der Waals surface area contributed by atoms with Gasteiger partial charge in [-0.1, -0.05) is 19.8 Å². The number of aliphatic hydroxyl groups is 1. The van der Waals surface area contributed by atoms with Gasteiger partial charge in [0.15, 0.2) is 0 Å². The van der Waals surface area contributed by atoms with E-state index < -0.39 is 0 Å². The first-order chi connectivity index (χ1) is 6.70. The zero-order valence-electron chi connectivity index (χ0n) is 10.00. The molecule has 0 amide bonds. The van der Waals surface area contributed by atoms with E-state index in [2.05, 4.69) is 30.8 Å². The molecule has 0 saturated carbocycles. The van der Waals surface area contributed by atoms with E-state index in [4.69, 9.17) is 5.11 Å². The quantitative estimate of drug-likeness (QED) is 0.566. The Labute approximate surface area is 88.7 Å². The van der Waals surface area contributed by atoms with Crippen LogP contribution in [0.3, 0.4) is 0 Å². The Hall–Kier alpha value is -0.120. The van der Waals surface area contributed by atoms with Crippen molar-refractivity contribution >= 4 is 0 Å². The fraction of sp³-hybridized carbons (Fsp3) is 1.00. The summed E-state index contributed by atoms with van der Waals surface area (Å²) in [6.45, 7) is 6.58. The predicted molar refractivity (Wildman–Crippen MR) is 61.6 cm³/mol. The molecule has 0 fully saturated rings. The molecule has 0 radical (unpaired) electrons. The first-order valence-electron chi connectivity index (χ1n) is 5.68. The third-order valence-corrected chi connectivity index (χ3v) is 2.36. The van der Waals surface area contributed by atoms with E-state index in [1.807, 2.05) is 0 Å². The van der Waals surface area contributed by atoms with Gasteiger partial charge in [0, 0.05) is 19.6 Å². The predicted octanol–water partition coefficient (Wildman–Crippen LogP) is 1.03. The Bertz CT molecular complexity index is 118. The molecule has 0 rings (SSSR count). The Kier molecular flexibility index (Phi) is 9.35. The van der Waals surface area contributed by atoms with Crippen molar-refractivity contribution in [3.63, 3.8) is 0 Å². The maximum atomic E-state index is 8.90. The van der Waals surface area contributed by atoms with Crippen LogP contribution in [-0.2, 0) is 0 Å². The van der Waals surface area contributed by atoms with Crippen LogP contribution in [0.1, 0.15) is 26.2 Å². The summed E-state index contributed by atoms with van der Waals surface area (Å²) in [5.74, 6) is 0. The minimum Gasteiger partial charge on any atom is -0.395 e. The van der Waals surface area contributed by atoms with Crippen molar-refractivity contribution in [3.8, 4) is 0 Å². The highest BCUT2D eigenvalue weighted by molar-refractivity contribution is 4.59. The van der Waals surface area contributed by atoms with Gasteiger partial charge in [-0.05, 0) is 27.1 Å². The molecule has 0 heterocycles. The lowest BCUT2D eigenvalue weighted by Crippen LogP contribution is -2.34. The molecular weight excluding hydrogens is 176 g/mol. The zero-order valence-corrected chi connectivity index (χ0v) is 10.00. The number of unbranched alkanes of at least 4 members (excludes halogenated alkanes) is 2. The standard InChI is InChI=1S/C11H26N2O/c1-4-5-6-7-13(10-11-14)9-8-12(2)3/h14H,4-11H2,1-3H3. The summed E-state index contributed by atoms with van der Waals surface area (Å²) in [5.41, 5.74) is 0. The number of aliphatic hydroxyl groups excluding tert-OH is 1. The molecule has 3 heteroatoms. The van der Waals surface area contributed by atoms with Crippen LogP contribution in [0.25, 0.3) is 0 Å². The zero-order chi connectivity index (χ0) is 10.8. The molecule has 86 valence electrons. The van der Waals surface area contributed by atoms with Crippen molar-refractivity contribution in [1.29, 1.82) is 0 Å². The lowest BCUT2D eigenvalue weighted by Gasteiger charge is -2.22. The third kappa shape index (κ3) is 8.48. The molecule has 0 aliphatic carbocycles. The molecule has 14 heavy (non-hydrogen) atoms. The Balaban J connectivity index is 3.54. The third-order valence-electron chi connectivity index (χ3n) is 2.36. The van der Waals surface area contributed by atoms with E-state index in [1.54, 1.807) is 0 Å². The minimum atomic E-state index is 0.277. The SMILES string of the molecule is CCCCCN(CCO)CCN(C)C. The summed E-state index contributed by atoms with van der Waals surface area (Å²) >= 11 is 0. The monoisotopic (exact) mass is 202 g/mol. The van der Waals surface area contributed by atoms with Crippen molar-refractivity contribution in [2.24, 2.45) is 0 Å². The average molecular weight is 202 g/mol. The molecule has 3 nitrogen and oxygen atoms in total. The molecule has 0 spiro atoms. The lowest BCUT2D eigenvalue weighted by atomic mass is 10.2. The van der Waals surface area contributed by atoms with Gasteiger partial charge in [-0.2, -0.15) is 0 Å². The van der Waals surface area contributed by atoms with Gasteiger partial charge >= 0.3 is 0 Å².